The van der Waals surface area contributed by atoms with Crippen LogP contribution in [0.5, 0.6) is 0 Å². The number of unbranched alkanes of at least 4 members (excludes halogenated alkanes) is 1. The third kappa shape index (κ3) is 2.70. The number of hydrogen-bond donors (Lipinski definition) is 1. The molecule has 2 nitrogen and oxygen atoms in total. The summed E-state index contributed by atoms with van der Waals surface area (Å²) in [4.78, 5) is 2.50. The van der Waals surface area contributed by atoms with Gasteiger partial charge in [0.1, 0.15) is 0 Å². The molecule has 1 aromatic carbocycles. The first kappa shape index (κ1) is 12.2. The van der Waals surface area contributed by atoms with Gasteiger partial charge in [-0.3, -0.25) is 0 Å². The fraction of sp³-hybridized carbons (Fsp3) is 0.467. The van der Waals surface area contributed by atoms with Crippen molar-refractivity contribution in [1.29, 1.82) is 0 Å². The van der Waals surface area contributed by atoms with Crippen molar-refractivity contribution in [2.75, 3.05) is 24.5 Å². The average Bonchev–Trinajstić information content (AvgIpc) is 2.70. The lowest BCUT2D eigenvalue weighted by atomic mass is 9.98. The van der Waals surface area contributed by atoms with Crippen molar-refractivity contribution < 1.29 is 0 Å². The highest BCUT2D eigenvalue weighted by Crippen LogP contribution is 2.37. The van der Waals surface area contributed by atoms with Gasteiger partial charge < -0.3 is 10.6 Å². The zero-order chi connectivity index (χ0) is 12.1. The summed E-state index contributed by atoms with van der Waals surface area (Å²) >= 11 is 0. The van der Waals surface area contributed by atoms with E-state index in [0.29, 0.717) is 5.92 Å². The van der Waals surface area contributed by atoms with Crippen molar-refractivity contribution in [3.8, 4) is 0 Å². The topological polar surface area (TPSA) is 29.3 Å². The van der Waals surface area contributed by atoms with Gasteiger partial charge in [0.2, 0.25) is 0 Å². The Labute approximate surface area is 104 Å². The molecule has 1 aliphatic rings. The second kappa shape index (κ2) is 5.87. The van der Waals surface area contributed by atoms with Gasteiger partial charge in [-0.1, -0.05) is 24.3 Å². The zero-order valence-corrected chi connectivity index (χ0v) is 10.4. The maximum absolute atomic E-state index is 5.70. The summed E-state index contributed by atoms with van der Waals surface area (Å²) in [6, 6.07) is 8.75. The Morgan fingerprint density at radius 2 is 2.24 bits per heavy atom. The van der Waals surface area contributed by atoms with Gasteiger partial charge >= 0.3 is 0 Å². The third-order valence-electron chi connectivity index (χ3n) is 3.51. The number of hydrogen-bond acceptors (Lipinski definition) is 2. The quantitative estimate of drug-likeness (QED) is 0.601. The molecule has 0 aliphatic carbocycles. The second-order valence-corrected chi connectivity index (χ2v) is 4.71. The number of fused-ring (bicyclic) bond motifs is 1. The largest absolute Gasteiger partial charge is 0.371 e. The molecular formula is C15H22N2. The van der Waals surface area contributed by atoms with Crippen LogP contribution in [-0.4, -0.2) is 19.6 Å². The summed E-state index contributed by atoms with van der Waals surface area (Å²) in [5.41, 5.74) is 8.60. The SMILES string of the molecule is C=CCCCN1CC(CCN)c2ccccc21. The molecule has 2 rings (SSSR count). The summed E-state index contributed by atoms with van der Waals surface area (Å²) in [5, 5.41) is 0. The van der Waals surface area contributed by atoms with Crippen molar-refractivity contribution in [1.82, 2.24) is 0 Å². The van der Waals surface area contributed by atoms with E-state index in [1.54, 1.807) is 0 Å². The number of anilines is 1. The number of para-hydroxylation sites is 1. The van der Waals surface area contributed by atoms with E-state index in [1.807, 2.05) is 6.08 Å². The van der Waals surface area contributed by atoms with E-state index in [2.05, 4.69) is 35.7 Å². The van der Waals surface area contributed by atoms with Gasteiger partial charge in [0.05, 0.1) is 0 Å². The monoisotopic (exact) mass is 230 g/mol. The van der Waals surface area contributed by atoms with Crippen LogP contribution in [0.1, 0.15) is 30.7 Å². The van der Waals surface area contributed by atoms with Crippen LogP contribution in [0.15, 0.2) is 36.9 Å². The molecule has 0 spiro atoms. The van der Waals surface area contributed by atoms with Crippen LogP contribution in [-0.2, 0) is 0 Å². The maximum atomic E-state index is 5.70. The van der Waals surface area contributed by atoms with Crippen LogP contribution in [0, 0.1) is 0 Å². The molecule has 1 aromatic rings. The summed E-state index contributed by atoms with van der Waals surface area (Å²) in [6.07, 6.45) is 5.38. The highest BCUT2D eigenvalue weighted by atomic mass is 15.2. The second-order valence-electron chi connectivity index (χ2n) is 4.71. The van der Waals surface area contributed by atoms with E-state index in [-0.39, 0.29) is 0 Å². The number of allylic oxidation sites excluding steroid dienone is 1. The van der Waals surface area contributed by atoms with Crippen molar-refractivity contribution in [3.63, 3.8) is 0 Å². The van der Waals surface area contributed by atoms with Crippen molar-refractivity contribution in [3.05, 3.63) is 42.5 Å². The fourth-order valence-corrected chi connectivity index (χ4v) is 2.67. The molecule has 0 amide bonds. The van der Waals surface area contributed by atoms with Gasteiger partial charge in [-0.15, -0.1) is 6.58 Å². The third-order valence-corrected chi connectivity index (χ3v) is 3.51. The van der Waals surface area contributed by atoms with Gasteiger partial charge in [0.25, 0.3) is 0 Å². The molecule has 17 heavy (non-hydrogen) atoms. The van der Waals surface area contributed by atoms with Crippen LogP contribution < -0.4 is 10.6 Å². The molecule has 1 unspecified atom stereocenters. The lowest BCUT2D eigenvalue weighted by molar-refractivity contribution is 0.636. The molecule has 0 aromatic heterocycles. The first-order valence-electron chi connectivity index (χ1n) is 6.51. The Bertz CT molecular complexity index is 373. The average molecular weight is 230 g/mol. The van der Waals surface area contributed by atoms with Gasteiger partial charge in [0, 0.05) is 24.7 Å². The zero-order valence-electron chi connectivity index (χ0n) is 10.4. The maximum Gasteiger partial charge on any atom is 0.0402 e. The Kier molecular flexibility index (Phi) is 4.21. The summed E-state index contributed by atoms with van der Waals surface area (Å²) in [5.74, 6) is 0.625. The van der Waals surface area contributed by atoms with Gasteiger partial charge in [0.15, 0.2) is 0 Å². The predicted octanol–water partition coefficient (Wildman–Crippen LogP) is 2.91. The number of rotatable bonds is 6. The standard InChI is InChI=1S/C15H22N2/c1-2-3-6-11-17-12-13(9-10-16)14-7-4-5-8-15(14)17/h2,4-5,7-8,13H,1,3,6,9-12,16H2. The molecule has 1 aliphatic heterocycles. The predicted molar refractivity (Wildman–Crippen MR) is 74.5 cm³/mol. The van der Waals surface area contributed by atoms with E-state index < -0.39 is 0 Å². The van der Waals surface area contributed by atoms with Crippen LogP contribution >= 0.6 is 0 Å². The molecule has 1 atom stereocenters. The molecule has 1 heterocycles. The first-order valence-corrected chi connectivity index (χ1v) is 6.51. The molecule has 0 saturated heterocycles. The van der Waals surface area contributed by atoms with Crippen molar-refractivity contribution in [2.45, 2.75) is 25.2 Å². The van der Waals surface area contributed by atoms with Crippen molar-refractivity contribution in [2.24, 2.45) is 5.73 Å². The van der Waals surface area contributed by atoms with E-state index in [9.17, 15) is 0 Å². The van der Waals surface area contributed by atoms with Gasteiger partial charge in [-0.2, -0.15) is 0 Å². The molecule has 2 N–H and O–H groups in total. The first-order chi connectivity index (χ1) is 8.36. The van der Waals surface area contributed by atoms with E-state index in [0.717, 1.165) is 32.5 Å². The normalized spacial score (nSPS) is 18.2. The highest BCUT2D eigenvalue weighted by Gasteiger charge is 2.26. The molecule has 0 saturated carbocycles. The minimum atomic E-state index is 0.625. The smallest absolute Gasteiger partial charge is 0.0402 e. The van der Waals surface area contributed by atoms with Crippen LogP contribution in [0.2, 0.25) is 0 Å². The van der Waals surface area contributed by atoms with Gasteiger partial charge in [-0.05, 0) is 37.4 Å². The minimum Gasteiger partial charge on any atom is -0.371 e. The molecule has 0 radical (unpaired) electrons. The summed E-state index contributed by atoms with van der Waals surface area (Å²) < 4.78 is 0. The Balaban J connectivity index is 2.08. The lowest BCUT2D eigenvalue weighted by Gasteiger charge is -2.19. The Morgan fingerprint density at radius 3 is 3.00 bits per heavy atom. The van der Waals surface area contributed by atoms with E-state index >= 15 is 0 Å². The number of nitrogens with zero attached hydrogens (tertiary/aromatic N) is 1. The molecule has 2 heteroatoms. The lowest BCUT2D eigenvalue weighted by Crippen LogP contribution is -2.23. The Morgan fingerprint density at radius 1 is 1.41 bits per heavy atom. The van der Waals surface area contributed by atoms with E-state index in [4.69, 9.17) is 5.73 Å². The summed E-state index contributed by atoms with van der Waals surface area (Å²) in [6.45, 7) is 6.82. The van der Waals surface area contributed by atoms with Crippen LogP contribution in [0.3, 0.4) is 0 Å². The van der Waals surface area contributed by atoms with Crippen LogP contribution in [0.25, 0.3) is 0 Å². The minimum absolute atomic E-state index is 0.625. The number of benzene rings is 1. The van der Waals surface area contributed by atoms with Crippen molar-refractivity contribution >= 4 is 5.69 Å². The molecular weight excluding hydrogens is 208 g/mol. The molecule has 0 bridgehead atoms. The number of nitrogens with two attached hydrogens (primary N) is 1. The Hall–Kier alpha value is -1.28. The van der Waals surface area contributed by atoms with Crippen LogP contribution in [0.4, 0.5) is 5.69 Å². The highest BCUT2D eigenvalue weighted by molar-refractivity contribution is 5.60. The van der Waals surface area contributed by atoms with E-state index in [1.165, 1.54) is 17.7 Å². The summed E-state index contributed by atoms with van der Waals surface area (Å²) in [7, 11) is 0. The fourth-order valence-electron chi connectivity index (χ4n) is 2.67. The molecule has 0 fully saturated rings. The van der Waals surface area contributed by atoms with Gasteiger partial charge in [-0.25, -0.2) is 0 Å². The molecule has 92 valence electrons.